The summed E-state index contributed by atoms with van der Waals surface area (Å²) >= 11 is 0. The number of rotatable bonds is 7. The van der Waals surface area contributed by atoms with E-state index in [1.54, 1.807) is 18.2 Å². The lowest BCUT2D eigenvalue weighted by Gasteiger charge is -2.37. The molecule has 1 saturated heterocycles. The second-order valence-electron chi connectivity index (χ2n) is 8.76. The fourth-order valence-corrected chi connectivity index (χ4v) is 4.50. The van der Waals surface area contributed by atoms with Gasteiger partial charge in [0.05, 0.1) is 69.0 Å². The number of aromatic nitrogens is 3. The molecular weight excluding hydrogens is 487 g/mol. The first kappa shape index (κ1) is 23.6. The summed E-state index contributed by atoms with van der Waals surface area (Å²) in [5.41, 5.74) is 1.09. The second-order valence-corrected chi connectivity index (χ2v) is 8.76. The molecule has 3 aromatic heterocycles. The topological polar surface area (TPSA) is 136 Å². The number of halogens is 1. The van der Waals surface area contributed by atoms with E-state index in [4.69, 9.17) is 20.3 Å². The maximum atomic E-state index is 14.7. The van der Waals surface area contributed by atoms with Crippen molar-refractivity contribution in [3.05, 3.63) is 47.7 Å². The Morgan fingerprint density at radius 1 is 1.27 bits per heavy atom. The lowest BCUT2D eigenvalue weighted by Crippen LogP contribution is -2.48. The average Bonchev–Trinajstić information content (AvgIpc) is 2.93. The van der Waals surface area contributed by atoms with Crippen LogP contribution in [0.4, 0.5) is 9.18 Å². The number of carbonyl (C=O) groups is 1. The number of hydrogen-bond donors (Lipinski definition) is 2. The van der Waals surface area contributed by atoms with Crippen molar-refractivity contribution >= 4 is 17.1 Å². The third-order valence-electron chi connectivity index (χ3n) is 6.44. The van der Waals surface area contributed by atoms with E-state index in [9.17, 15) is 19.4 Å². The van der Waals surface area contributed by atoms with Gasteiger partial charge >= 0.3 is 6.09 Å². The highest BCUT2D eigenvalue weighted by Gasteiger charge is 2.33. The van der Waals surface area contributed by atoms with Crippen LogP contribution in [0.2, 0.25) is 0 Å². The van der Waals surface area contributed by atoms with Crippen molar-refractivity contribution in [1.82, 2.24) is 19.9 Å². The summed E-state index contributed by atoms with van der Waals surface area (Å²) in [6.45, 7) is 0.772. The van der Waals surface area contributed by atoms with Crippen molar-refractivity contribution in [2.45, 2.75) is 44.0 Å². The van der Waals surface area contributed by atoms with E-state index in [1.807, 2.05) is 0 Å². The second kappa shape index (κ2) is 10.7. The van der Waals surface area contributed by atoms with E-state index in [1.165, 1.54) is 18.2 Å². The lowest BCUT2D eigenvalue weighted by molar-refractivity contribution is -0.0875. The normalized spacial score (nSPS) is 21.1. The van der Waals surface area contributed by atoms with Crippen LogP contribution < -0.4 is 14.2 Å². The Hall–Kier alpha value is -3.77. The number of hydrogen-bond acceptors (Lipinski definition) is 9. The molecule has 5 rings (SSSR count). The molecule has 37 heavy (non-hydrogen) atoms. The minimum atomic E-state index is -2.20. The Labute approximate surface area is 213 Å². The molecule has 0 aromatic carbocycles. The van der Waals surface area contributed by atoms with Gasteiger partial charge in [0.2, 0.25) is 5.88 Å². The summed E-state index contributed by atoms with van der Waals surface area (Å²) in [6.07, 6.45) is -1.69. The Kier molecular flexibility index (Phi) is 6.82. The molecule has 1 fully saturated rings. The molecule has 196 valence electrons. The van der Waals surface area contributed by atoms with Crippen LogP contribution in [-0.4, -0.2) is 81.3 Å². The van der Waals surface area contributed by atoms with Crippen LogP contribution >= 0.6 is 0 Å². The standard InChI is InChI=1S/C25H27FN4O7/c1-34-23-5-3-18-24(29-23)16(17(26)10-28-18)9-19(31)20-4-2-15(13-37-20)30(25(32)33)12-14-8-21-22(11-27-14)36-7-6-35-21/h3,5,8,10-11,15,19-20,31H,2,4,6-7,9,12-13H2,1H3,(H,32,33)/t15-,19?,20+/m1/s1/i19D. The Balaban J connectivity index is 1.27. The largest absolute Gasteiger partial charge is 0.486 e. The number of pyridine rings is 3. The predicted octanol–water partition coefficient (Wildman–Crippen LogP) is 2.57. The zero-order valence-electron chi connectivity index (χ0n) is 21.1. The van der Waals surface area contributed by atoms with Crippen LogP contribution in [0.1, 0.15) is 25.5 Å². The SMILES string of the molecule is [2H]C(O)(Cc1c(F)cnc2ccc(OC)nc12)[C@@H]1CC[C@@H](N(Cc2cc3c(cn2)OCCO3)C(=O)O)CO1. The molecule has 2 aliphatic rings. The fraction of sp³-hybridized carbons (Fsp3) is 0.440. The van der Waals surface area contributed by atoms with Gasteiger partial charge in [-0.25, -0.2) is 14.2 Å². The molecule has 3 atom stereocenters. The van der Waals surface area contributed by atoms with Crippen molar-refractivity contribution in [3.8, 4) is 17.4 Å². The molecule has 0 radical (unpaired) electrons. The maximum absolute atomic E-state index is 14.7. The van der Waals surface area contributed by atoms with Crippen molar-refractivity contribution in [1.29, 1.82) is 0 Å². The van der Waals surface area contributed by atoms with Crippen molar-refractivity contribution in [3.63, 3.8) is 0 Å². The van der Waals surface area contributed by atoms with E-state index in [2.05, 4.69) is 15.0 Å². The first-order chi connectivity index (χ1) is 18.2. The van der Waals surface area contributed by atoms with Crippen molar-refractivity contribution in [2.75, 3.05) is 26.9 Å². The highest BCUT2D eigenvalue weighted by Crippen LogP contribution is 2.31. The molecule has 1 unspecified atom stereocenters. The molecule has 3 aromatic rings. The third kappa shape index (κ3) is 5.35. The van der Waals surface area contributed by atoms with Crippen LogP contribution in [-0.2, 0) is 17.7 Å². The summed E-state index contributed by atoms with van der Waals surface area (Å²) in [5.74, 6) is 0.556. The third-order valence-corrected chi connectivity index (χ3v) is 6.44. The molecule has 5 heterocycles. The number of amides is 1. The van der Waals surface area contributed by atoms with Gasteiger partial charge in [-0.2, -0.15) is 0 Å². The summed E-state index contributed by atoms with van der Waals surface area (Å²) in [6, 6.07) is 4.32. The quantitative estimate of drug-likeness (QED) is 0.483. The molecule has 2 N–H and O–H groups in total. The van der Waals surface area contributed by atoms with E-state index < -0.39 is 36.6 Å². The summed E-state index contributed by atoms with van der Waals surface area (Å²) < 4.78 is 45.2. The minimum absolute atomic E-state index is 0.00245. The molecule has 11 nitrogen and oxygen atoms in total. The van der Waals surface area contributed by atoms with Gasteiger partial charge in [-0.1, -0.05) is 0 Å². The fourth-order valence-electron chi connectivity index (χ4n) is 4.50. The summed E-state index contributed by atoms with van der Waals surface area (Å²) in [7, 11) is 1.43. The molecule has 0 bridgehead atoms. The van der Waals surface area contributed by atoms with Gasteiger partial charge in [0.1, 0.15) is 19.0 Å². The van der Waals surface area contributed by atoms with Crippen LogP contribution in [0.5, 0.6) is 17.4 Å². The van der Waals surface area contributed by atoms with Gasteiger partial charge in [-0.3, -0.25) is 14.9 Å². The molecule has 2 aliphatic heterocycles. The average molecular weight is 516 g/mol. The number of methoxy groups -OCH3 is 1. The highest BCUT2D eigenvalue weighted by atomic mass is 19.1. The molecular formula is C25H27FN4O7. The number of aliphatic hydroxyl groups is 1. The highest BCUT2D eigenvalue weighted by molar-refractivity contribution is 5.78. The summed E-state index contributed by atoms with van der Waals surface area (Å²) in [4.78, 5) is 25.8. The lowest BCUT2D eigenvalue weighted by atomic mass is 9.95. The molecule has 1 amide bonds. The number of fused-ring (bicyclic) bond motifs is 2. The van der Waals surface area contributed by atoms with Crippen LogP contribution in [0.15, 0.2) is 30.6 Å². The van der Waals surface area contributed by atoms with E-state index >= 15 is 0 Å². The Morgan fingerprint density at radius 3 is 2.81 bits per heavy atom. The smallest absolute Gasteiger partial charge is 0.407 e. The van der Waals surface area contributed by atoms with E-state index in [0.717, 1.165) is 6.20 Å². The van der Waals surface area contributed by atoms with Gasteiger partial charge in [-0.05, 0) is 18.9 Å². The Morgan fingerprint density at radius 2 is 2.08 bits per heavy atom. The van der Waals surface area contributed by atoms with Crippen molar-refractivity contribution in [2.24, 2.45) is 0 Å². The molecule has 0 saturated carbocycles. The predicted molar refractivity (Wildman–Crippen MR) is 127 cm³/mol. The van der Waals surface area contributed by atoms with E-state index in [-0.39, 0.29) is 36.5 Å². The zero-order chi connectivity index (χ0) is 26.9. The first-order valence-electron chi connectivity index (χ1n) is 12.3. The first-order valence-corrected chi connectivity index (χ1v) is 11.8. The summed E-state index contributed by atoms with van der Waals surface area (Å²) in [5, 5.41) is 20.9. The van der Waals surface area contributed by atoms with Gasteiger partial charge in [-0.15, -0.1) is 0 Å². The number of nitrogens with zero attached hydrogens (tertiary/aromatic N) is 4. The number of carboxylic acid groups (broad SMARTS) is 1. The monoisotopic (exact) mass is 515 g/mol. The van der Waals surface area contributed by atoms with Gasteiger partial charge < -0.3 is 29.2 Å². The van der Waals surface area contributed by atoms with Gasteiger partial charge in [0.25, 0.3) is 0 Å². The minimum Gasteiger partial charge on any atom is -0.486 e. The van der Waals surface area contributed by atoms with E-state index in [0.29, 0.717) is 42.3 Å². The number of ether oxygens (including phenoxy) is 4. The van der Waals surface area contributed by atoms with Crippen molar-refractivity contribution < 1.29 is 39.7 Å². The van der Waals surface area contributed by atoms with Gasteiger partial charge in [0.15, 0.2) is 11.5 Å². The maximum Gasteiger partial charge on any atom is 0.407 e. The Bertz CT molecular complexity index is 1340. The van der Waals surface area contributed by atoms with Gasteiger partial charge in [0, 0.05) is 24.1 Å². The van der Waals surface area contributed by atoms with Crippen LogP contribution in [0.25, 0.3) is 11.0 Å². The zero-order valence-corrected chi connectivity index (χ0v) is 20.1. The molecule has 0 spiro atoms. The van der Waals surface area contributed by atoms with Crippen LogP contribution in [0.3, 0.4) is 0 Å². The molecule has 12 heteroatoms. The molecule has 0 aliphatic carbocycles. The van der Waals surface area contributed by atoms with Crippen LogP contribution in [0, 0.1) is 5.82 Å².